The molecule has 1 aliphatic carbocycles. The summed E-state index contributed by atoms with van der Waals surface area (Å²) in [7, 11) is 1.42. The van der Waals surface area contributed by atoms with Crippen LogP contribution in [0, 0.1) is 24.6 Å². The Labute approximate surface area is 197 Å². The van der Waals surface area contributed by atoms with Crippen molar-refractivity contribution in [2.45, 2.75) is 44.2 Å². The lowest BCUT2D eigenvalue weighted by molar-refractivity contribution is -0.241. The highest BCUT2D eigenvalue weighted by Crippen LogP contribution is 2.46. The highest BCUT2D eigenvalue weighted by atomic mass is 35.5. The van der Waals surface area contributed by atoms with Gasteiger partial charge in [0.15, 0.2) is 17.9 Å². The van der Waals surface area contributed by atoms with E-state index in [1.807, 2.05) is 19.1 Å². The fourth-order valence-electron chi connectivity index (χ4n) is 5.03. The Morgan fingerprint density at radius 3 is 2.70 bits per heavy atom. The van der Waals surface area contributed by atoms with Crippen LogP contribution in [0.3, 0.4) is 0 Å². The van der Waals surface area contributed by atoms with E-state index in [2.05, 4.69) is 0 Å². The molecule has 33 heavy (non-hydrogen) atoms. The van der Waals surface area contributed by atoms with E-state index in [9.17, 15) is 19.7 Å². The van der Waals surface area contributed by atoms with Gasteiger partial charge < -0.3 is 29.5 Å². The summed E-state index contributed by atoms with van der Waals surface area (Å²) in [5.74, 6) is -0.893. The molecule has 6 atom stereocenters. The Kier molecular flexibility index (Phi) is 7.58. The molecule has 0 spiro atoms. The lowest BCUT2D eigenvalue weighted by atomic mass is 9.66. The summed E-state index contributed by atoms with van der Waals surface area (Å²) in [5.41, 5.74) is 3.85. The van der Waals surface area contributed by atoms with Crippen LogP contribution in [0.25, 0.3) is 0 Å². The van der Waals surface area contributed by atoms with Crippen molar-refractivity contribution in [3.05, 3.63) is 63.4 Å². The highest BCUT2D eigenvalue weighted by molar-refractivity contribution is 6.31. The third-order valence-electron chi connectivity index (χ3n) is 6.77. The molecule has 1 heterocycles. The molecule has 1 saturated heterocycles. The summed E-state index contributed by atoms with van der Waals surface area (Å²) >= 11 is 6.49. The van der Waals surface area contributed by atoms with Crippen LogP contribution in [-0.4, -0.2) is 60.7 Å². The van der Waals surface area contributed by atoms with Crippen LogP contribution in [0.15, 0.2) is 30.3 Å². The van der Waals surface area contributed by atoms with E-state index in [-0.39, 0.29) is 49.7 Å². The average molecular weight is 481 g/mol. The lowest BCUT2D eigenvalue weighted by Gasteiger charge is -2.41. The minimum atomic E-state index is -0.946. The minimum Gasteiger partial charge on any atom is -0.494 e. The lowest BCUT2D eigenvalue weighted by Crippen LogP contribution is -2.44. The number of methoxy groups -OCH3 is 1. The zero-order chi connectivity index (χ0) is 23.7. The molecule has 1 fully saturated rings. The Balaban J connectivity index is 1.72. The van der Waals surface area contributed by atoms with Gasteiger partial charge in [0.25, 0.3) is 0 Å². The van der Waals surface area contributed by atoms with Gasteiger partial charge in [-0.25, -0.2) is 4.39 Å². The molecule has 1 aliphatic heterocycles. The topological polar surface area (TPSA) is 88.4 Å². The van der Waals surface area contributed by atoms with Crippen LogP contribution >= 0.6 is 11.6 Å². The van der Waals surface area contributed by atoms with Crippen LogP contribution in [0.4, 0.5) is 4.39 Å². The van der Waals surface area contributed by atoms with Crippen LogP contribution < -0.4 is 4.74 Å². The van der Waals surface area contributed by atoms with Gasteiger partial charge in [-0.1, -0.05) is 23.7 Å². The number of aliphatic hydroxyl groups excluding tert-OH is 3. The Morgan fingerprint density at radius 2 is 2.00 bits per heavy atom. The normalized spacial score (nSPS) is 29.5. The zero-order valence-corrected chi connectivity index (χ0v) is 19.5. The van der Waals surface area contributed by atoms with Crippen LogP contribution in [0.1, 0.15) is 34.6 Å². The van der Waals surface area contributed by atoms with Crippen LogP contribution in [-0.2, 0) is 15.9 Å². The second kappa shape index (κ2) is 10.3. The molecule has 2 aromatic carbocycles. The first kappa shape index (κ1) is 24.4. The molecule has 0 amide bonds. The number of hydrogen-bond donors (Lipinski definition) is 3. The van der Waals surface area contributed by atoms with Crippen molar-refractivity contribution >= 4 is 11.6 Å². The Morgan fingerprint density at radius 1 is 1.21 bits per heavy atom. The summed E-state index contributed by atoms with van der Waals surface area (Å²) in [6, 6.07) is 8.75. The maximum Gasteiger partial charge on any atom is 0.183 e. The van der Waals surface area contributed by atoms with E-state index in [0.29, 0.717) is 11.4 Å². The summed E-state index contributed by atoms with van der Waals surface area (Å²) in [6.45, 7) is 2.17. The molecular weight excluding hydrogens is 451 g/mol. The monoisotopic (exact) mass is 480 g/mol. The fourth-order valence-corrected chi connectivity index (χ4v) is 5.20. The molecule has 4 rings (SSSR count). The largest absolute Gasteiger partial charge is 0.494 e. The summed E-state index contributed by atoms with van der Waals surface area (Å²) < 4.78 is 30.9. The first-order chi connectivity index (χ1) is 15.8. The smallest absolute Gasteiger partial charge is 0.183 e. The fraction of sp³-hybridized carbons (Fsp3) is 0.520. The second-order valence-electron chi connectivity index (χ2n) is 8.97. The molecule has 0 bridgehead atoms. The molecule has 3 N–H and O–H groups in total. The van der Waals surface area contributed by atoms with Gasteiger partial charge in [-0.15, -0.1) is 0 Å². The molecule has 8 heteroatoms. The number of benzene rings is 2. The molecule has 0 saturated carbocycles. The molecule has 6 nitrogen and oxygen atoms in total. The Hall–Kier alpha value is -1.74. The van der Waals surface area contributed by atoms with Gasteiger partial charge in [0.1, 0.15) is 6.10 Å². The van der Waals surface area contributed by atoms with Gasteiger partial charge in [0.05, 0.1) is 26.4 Å². The quantitative estimate of drug-likeness (QED) is 0.588. The molecule has 2 aromatic rings. The summed E-state index contributed by atoms with van der Waals surface area (Å²) in [4.78, 5) is 0. The van der Waals surface area contributed by atoms with Gasteiger partial charge in [-0.05, 0) is 65.6 Å². The zero-order valence-electron chi connectivity index (χ0n) is 18.7. The third kappa shape index (κ3) is 5.04. The number of halogens is 2. The molecule has 0 aromatic heterocycles. The first-order valence-electron chi connectivity index (χ1n) is 11.1. The molecule has 2 aliphatic rings. The average Bonchev–Trinajstić information content (AvgIpc) is 2.79. The predicted octanol–water partition coefficient (Wildman–Crippen LogP) is 3.19. The van der Waals surface area contributed by atoms with Crippen molar-refractivity contribution < 1.29 is 33.9 Å². The van der Waals surface area contributed by atoms with Crippen molar-refractivity contribution in [2.24, 2.45) is 11.8 Å². The molecule has 180 valence electrons. The van der Waals surface area contributed by atoms with Gasteiger partial charge in [0.2, 0.25) is 0 Å². The maximum atomic E-state index is 14.2. The van der Waals surface area contributed by atoms with Crippen molar-refractivity contribution in [3.63, 3.8) is 0 Å². The van der Waals surface area contributed by atoms with E-state index < -0.39 is 24.3 Å². The highest BCUT2D eigenvalue weighted by Gasteiger charge is 2.40. The maximum absolute atomic E-state index is 14.2. The van der Waals surface area contributed by atoms with Crippen LogP contribution in [0.5, 0.6) is 5.75 Å². The number of ether oxygens (including phenoxy) is 3. The van der Waals surface area contributed by atoms with Crippen molar-refractivity contribution in [2.75, 3.05) is 26.9 Å². The number of aryl methyl sites for hydroxylation is 1. The minimum absolute atomic E-state index is 0.0588. The number of hydrogen-bond acceptors (Lipinski definition) is 6. The van der Waals surface area contributed by atoms with E-state index in [4.69, 9.17) is 25.8 Å². The molecular formula is C25H30ClFO6. The number of aliphatic hydroxyl groups is 3. The van der Waals surface area contributed by atoms with Crippen molar-refractivity contribution in [3.8, 4) is 5.75 Å². The van der Waals surface area contributed by atoms with Gasteiger partial charge in [-0.2, -0.15) is 0 Å². The number of fused-ring (bicyclic) bond motifs is 1. The standard InChI is InChI=1S/C25H30ClFO6/c1-13-5-15-6-16(10-28)19(12-33-25-22(30)8-17(29)11-32-25)24(18(15)9-20(13)26)14-3-4-21(27)23(7-14)31-2/h3-5,7,9,16-17,19,22,24-25,28-30H,6,8,10-12H2,1-2H3/t16-,17+,19-,22-,24?,25+/m1/s1. The van der Waals surface area contributed by atoms with E-state index in [0.717, 1.165) is 22.3 Å². The van der Waals surface area contributed by atoms with E-state index in [1.165, 1.54) is 13.2 Å². The first-order valence-corrected chi connectivity index (χ1v) is 11.5. The SMILES string of the molecule is COc1cc(C2c3cc(Cl)c(C)cc3C[C@H](CO)[C@H]2CO[C@@H]2OC[C@@H](O)C[C@H]2O)ccc1F. The van der Waals surface area contributed by atoms with E-state index >= 15 is 0 Å². The van der Waals surface area contributed by atoms with Gasteiger partial charge >= 0.3 is 0 Å². The summed E-state index contributed by atoms with van der Waals surface area (Å²) in [6.07, 6.45) is -1.72. The van der Waals surface area contributed by atoms with Gasteiger partial charge in [0, 0.05) is 24.0 Å². The van der Waals surface area contributed by atoms with Crippen molar-refractivity contribution in [1.82, 2.24) is 0 Å². The molecule has 1 unspecified atom stereocenters. The summed E-state index contributed by atoms with van der Waals surface area (Å²) in [5, 5.41) is 30.8. The predicted molar refractivity (Wildman–Crippen MR) is 121 cm³/mol. The van der Waals surface area contributed by atoms with Crippen molar-refractivity contribution in [1.29, 1.82) is 0 Å². The number of rotatable bonds is 6. The second-order valence-corrected chi connectivity index (χ2v) is 9.38. The molecule has 0 radical (unpaired) electrons. The van der Waals surface area contributed by atoms with Gasteiger partial charge in [-0.3, -0.25) is 0 Å². The van der Waals surface area contributed by atoms with E-state index in [1.54, 1.807) is 12.1 Å². The Bertz CT molecular complexity index is 986. The van der Waals surface area contributed by atoms with Crippen LogP contribution in [0.2, 0.25) is 5.02 Å². The third-order valence-corrected chi connectivity index (χ3v) is 7.18.